The average molecular weight is 428 g/mol. The zero-order valence-corrected chi connectivity index (χ0v) is 18.5. The number of aromatic nitrogens is 1. The molecule has 0 radical (unpaired) electrons. The van der Waals surface area contributed by atoms with E-state index in [9.17, 15) is 4.79 Å². The molecular weight excluding hydrogens is 398 g/mol. The Bertz CT molecular complexity index is 989. The molecule has 2 aromatic rings. The van der Waals surface area contributed by atoms with Crippen molar-refractivity contribution in [1.82, 2.24) is 10.3 Å². The molecule has 4 atom stereocenters. The van der Waals surface area contributed by atoms with E-state index in [4.69, 9.17) is 14.5 Å². The van der Waals surface area contributed by atoms with Crippen LogP contribution in [0.3, 0.4) is 0 Å². The Labute approximate surface area is 180 Å². The Morgan fingerprint density at radius 2 is 2.17 bits per heavy atom. The Hall–Kier alpha value is -1.86. The molecule has 6 nitrogen and oxygen atoms in total. The van der Waals surface area contributed by atoms with Gasteiger partial charge in [-0.25, -0.2) is 4.98 Å². The van der Waals surface area contributed by atoms with Crippen molar-refractivity contribution < 1.29 is 14.3 Å². The van der Waals surface area contributed by atoms with Gasteiger partial charge in [0.05, 0.1) is 30.4 Å². The first-order valence-electron chi connectivity index (χ1n) is 11.2. The second-order valence-electron chi connectivity index (χ2n) is 9.67. The Morgan fingerprint density at radius 1 is 1.33 bits per heavy atom. The fraction of sp³-hybridized carbons (Fsp3) is 0.652. The van der Waals surface area contributed by atoms with E-state index in [1.807, 2.05) is 12.1 Å². The summed E-state index contributed by atoms with van der Waals surface area (Å²) in [5, 5.41) is 4.35. The molecule has 2 saturated heterocycles. The van der Waals surface area contributed by atoms with Gasteiger partial charge in [-0.3, -0.25) is 4.79 Å². The van der Waals surface area contributed by atoms with Crippen LogP contribution in [0, 0.1) is 17.8 Å². The first kappa shape index (κ1) is 18.9. The van der Waals surface area contributed by atoms with E-state index in [0.717, 1.165) is 53.8 Å². The number of nitrogens with zero attached hydrogens (tertiary/aromatic N) is 2. The van der Waals surface area contributed by atoms with E-state index < -0.39 is 0 Å². The van der Waals surface area contributed by atoms with Crippen molar-refractivity contribution in [1.29, 1.82) is 0 Å². The third kappa shape index (κ3) is 2.78. The lowest BCUT2D eigenvalue weighted by Gasteiger charge is -2.46. The van der Waals surface area contributed by atoms with Crippen molar-refractivity contribution in [3.63, 3.8) is 0 Å². The second-order valence-corrected chi connectivity index (χ2v) is 10.6. The van der Waals surface area contributed by atoms with Crippen LogP contribution < -0.4 is 15.0 Å². The first-order valence-corrected chi connectivity index (χ1v) is 12.1. The van der Waals surface area contributed by atoms with E-state index >= 15 is 0 Å². The van der Waals surface area contributed by atoms with Gasteiger partial charge in [0, 0.05) is 12.6 Å². The van der Waals surface area contributed by atoms with Crippen molar-refractivity contribution in [3.05, 3.63) is 17.7 Å². The number of hydrogen-bond donors (Lipinski definition) is 1. The number of hydrogen-bond acceptors (Lipinski definition) is 6. The zero-order chi connectivity index (χ0) is 20.5. The molecule has 1 aromatic heterocycles. The van der Waals surface area contributed by atoms with E-state index in [2.05, 4.69) is 17.1 Å². The van der Waals surface area contributed by atoms with Crippen LogP contribution in [0.5, 0.6) is 5.75 Å². The van der Waals surface area contributed by atoms with Crippen LogP contribution in [-0.2, 0) is 4.74 Å². The van der Waals surface area contributed by atoms with Gasteiger partial charge in [0.1, 0.15) is 16.9 Å². The highest BCUT2D eigenvalue weighted by Crippen LogP contribution is 2.48. The van der Waals surface area contributed by atoms with Gasteiger partial charge in [-0.05, 0) is 62.0 Å². The molecule has 6 rings (SSSR count). The van der Waals surface area contributed by atoms with Gasteiger partial charge in [-0.1, -0.05) is 18.3 Å². The topological polar surface area (TPSA) is 63.7 Å². The van der Waals surface area contributed by atoms with Crippen molar-refractivity contribution in [2.45, 2.75) is 50.7 Å². The van der Waals surface area contributed by atoms with Crippen molar-refractivity contribution in [3.8, 4) is 5.75 Å². The largest absolute Gasteiger partial charge is 0.496 e. The molecule has 4 aliphatic rings. The standard InChI is InChI=1S/C23H29N3O3S/c1-13-14-4-5-15(10-14)19(13)25-21(27)18-17(28-2)7-6-16-20(18)30-22(24-16)26-11-23(12-26)8-3-9-29-23/h6-7,13-15,19H,3-5,8-12H2,1-2H3,(H,25,27)/t13?,14-,15?,19?/m1/s1. The fourth-order valence-electron chi connectivity index (χ4n) is 6.32. The molecule has 2 aliphatic carbocycles. The summed E-state index contributed by atoms with van der Waals surface area (Å²) < 4.78 is 12.5. The molecule has 30 heavy (non-hydrogen) atoms. The highest BCUT2D eigenvalue weighted by atomic mass is 32.1. The first-order chi connectivity index (χ1) is 14.6. The number of amides is 1. The van der Waals surface area contributed by atoms with Crippen LogP contribution in [0.2, 0.25) is 0 Å². The lowest BCUT2D eigenvalue weighted by Crippen LogP contribution is -2.61. The molecule has 2 aliphatic heterocycles. The summed E-state index contributed by atoms with van der Waals surface area (Å²) in [5.41, 5.74) is 1.55. The van der Waals surface area contributed by atoms with Crippen LogP contribution >= 0.6 is 11.3 Å². The molecule has 4 fully saturated rings. The van der Waals surface area contributed by atoms with Crippen LogP contribution in [0.1, 0.15) is 49.4 Å². The number of rotatable bonds is 4. The van der Waals surface area contributed by atoms with Gasteiger partial charge in [0.2, 0.25) is 0 Å². The molecule has 1 aromatic carbocycles. The van der Waals surface area contributed by atoms with E-state index in [0.29, 0.717) is 23.1 Å². The third-order valence-corrected chi connectivity index (χ3v) is 9.15. The molecule has 2 bridgehead atoms. The monoisotopic (exact) mass is 427 g/mol. The molecule has 1 amide bonds. The normalized spacial score (nSPS) is 31.5. The number of methoxy groups -OCH3 is 1. The maximum absolute atomic E-state index is 13.4. The molecule has 160 valence electrons. The molecule has 2 saturated carbocycles. The summed E-state index contributed by atoms with van der Waals surface area (Å²) in [4.78, 5) is 20.6. The molecule has 3 heterocycles. The number of benzene rings is 1. The fourth-order valence-corrected chi connectivity index (χ4v) is 7.42. The van der Waals surface area contributed by atoms with Crippen LogP contribution in [0.25, 0.3) is 10.2 Å². The number of nitrogens with one attached hydrogen (secondary N) is 1. The summed E-state index contributed by atoms with van der Waals surface area (Å²) in [6.07, 6.45) is 6.10. The van der Waals surface area contributed by atoms with Gasteiger partial charge in [-0.2, -0.15) is 0 Å². The zero-order valence-electron chi connectivity index (χ0n) is 17.6. The number of carbonyl (C=O) groups excluding carboxylic acids is 1. The highest BCUT2D eigenvalue weighted by Gasteiger charge is 2.48. The molecule has 1 spiro atoms. The number of carbonyl (C=O) groups is 1. The van der Waals surface area contributed by atoms with Gasteiger partial charge in [0.15, 0.2) is 5.13 Å². The lowest BCUT2D eigenvalue weighted by atomic mass is 9.86. The minimum Gasteiger partial charge on any atom is -0.496 e. The van der Waals surface area contributed by atoms with Crippen LogP contribution in [-0.4, -0.2) is 49.3 Å². The van der Waals surface area contributed by atoms with E-state index in [-0.39, 0.29) is 17.6 Å². The van der Waals surface area contributed by atoms with Crippen LogP contribution in [0.15, 0.2) is 12.1 Å². The summed E-state index contributed by atoms with van der Waals surface area (Å²) in [7, 11) is 1.64. The molecule has 7 heteroatoms. The number of ether oxygens (including phenoxy) is 2. The lowest BCUT2D eigenvalue weighted by molar-refractivity contribution is -0.0180. The maximum Gasteiger partial charge on any atom is 0.256 e. The number of fused-ring (bicyclic) bond motifs is 3. The predicted molar refractivity (Wildman–Crippen MR) is 118 cm³/mol. The molecular formula is C23H29N3O3S. The smallest absolute Gasteiger partial charge is 0.256 e. The number of thiazole rings is 1. The molecule has 1 N–H and O–H groups in total. The van der Waals surface area contributed by atoms with E-state index in [1.54, 1.807) is 18.4 Å². The second kappa shape index (κ2) is 6.82. The quantitative estimate of drug-likeness (QED) is 0.803. The van der Waals surface area contributed by atoms with Gasteiger partial charge < -0.3 is 19.7 Å². The Balaban J connectivity index is 1.29. The Morgan fingerprint density at radius 3 is 2.87 bits per heavy atom. The van der Waals surface area contributed by atoms with Gasteiger partial charge in [0.25, 0.3) is 5.91 Å². The SMILES string of the molecule is COc1ccc2nc(N3CC4(CCCO4)C3)sc2c1C(=O)NC1C2CC[C@H](C2)C1C. The summed E-state index contributed by atoms with van der Waals surface area (Å²) in [6, 6.07) is 4.12. The third-order valence-electron chi connectivity index (χ3n) is 8.00. The predicted octanol–water partition coefficient (Wildman–Crippen LogP) is 3.84. The van der Waals surface area contributed by atoms with Crippen molar-refractivity contribution in [2.75, 3.05) is 31.7 Å². The minimum atomic E-state index is -0.0174. The van der Waals surface area contributed by atoms with Gasteiger partial charge in [-0.15, -0.1) is 0 Å². The Kier molecular flexibility index (Phi) is 4.29. The molecule has 3 unspecified atom stereocenters. The summed E-state index contributed by atoms with van der Waals surface area (Å²) >= 11 is 1.60. The maximum atomic E-state index is 13.4. The summed E-state index contributed by atoms with van der Waals surface area (Å²) in [6.45, 7) is 4.96. The van der Waals surface area contributed by atoms with E-state index in [1.165, 1.54) is 19.3 Å². The highest BCUT2D eigenvalue weighted by molar-refractivity contribution is 7.22. The van der Waals surface area contributed by atoms with Crippen molar-refractivity contribution >= 4 is 32.6 Å². The number of anilines is 1. The summed E-state index contributed by atoms with van der Waals surface area (Å²) in [5.74, 6) is 2.56. The van der Waals surface area contributed by atoms with Crippen molar-refractivity contribution in [2.24, 2.45) is 17.8 Å². The van der Waals surface area contributed by atoms with Gasteiger partial charge >= 0.3 is 0 Å². The average Bonchev–Trinajstić information content (AvgIpc) is 3.49. The van der Waals surface area contributed by atoms with Crippen LogP contribution in [0.4, 0.5) is 5.13 Å². The minimum absolute atomic E-state index is 0.0174.